The molecule has 0 saturated carbocycles. The third-order valence-electron chi connectivity index (χ3n) is 2.49. The predicted octanol–water partition coefficient (Wildman–Crippen LogP) is 0.904. The highest BCUT2D eigenvalue weighted by molar-refractivity contribution is 7.91. The van der Waals surface area contributed by atoms with Crippen LogP contribution in [0, 0.1) is 0 Å². The molecule has 0 unspecified atom stereocenters. The number of amides is 2. The Kier molecular flexibility index (Phi) is 8.35. The van der Waals surface area contributed by atoms with E-state index in [-0.39, 0.29) is 6.54 Å². The second kappa shape index (κ2) is 9.06. The first-order chi connectivity index (χ1) is 11.5. The van der Waals surface area contributed by atoms with Gasteiger partial charge in [0.2, 0.25) is 0 Å². The average molecular weight is 396 g/mol. The largest absolute Gasteiger partial charge is 0.480 e. The lowest BCUT2D eigenvalue weighted by Crippen LogP contribution is -2.48. The Morgan fingerprint density at radius 1 is 0.962 bits per heavy atom. The second-order valence-electron chi connectivity index (χ2n) is 7.58. The quantitative estimate of drug-likeness (QED) is 0.575. The summed E-state index contributed by atoms with van der Waals surface area (Å²) in [6.07, 6.45) is -1.82. The molecule has 0 aromatic rings. The number of sulfone groups is 1. The summed E-state index contributed by atoms with van der Waals surface area (Å²) in [7, 11) is -3.88. The maximum atomic E-state index is 12.0. The fourth-order valence-electron chi connectivity index (χ4n) is 1.58. The molecule has 2 amide bonds. The van der Waals surface area contributed by atoms with Gasteiger partial charge < -0.3 is 25.2 Å². The highest BCUT2D eigenvalue weighted by Crippen LogP contribution is 2.08. The summed E-state index contributed by atoms with van der Waals surface area (Å²) in [4.78, 5) is 34.3. The van der Waals surface area contributed by atoms with E-state index in [1.807, 2.05) is 5.32 Å². The summed E-state index contributed by atoms with van der Waals surface area (Å²) in [5.41, 5.74) is -1.59. The van der Waals surface area contributed by atoms with E-state index in [2.05, 4.69) is 5.32 Å². The Bertz CT molecular complexity index is 617. The highest BCUT2D eigenvalue weighted by atomic mass is 32.2. The van der Waals surface area contributed by atoms with Crippen molar-refractivity contribution in [2.24, 2.45) is 0 Å². The van der Waals surface area contributed by atoms with Gasteiger partial charge in [0.25, 0.3) is 0 Å². The first-order valence-electron chi connectivity index (χ1n) is 7.90. The SMILES string of the molecule is CC(C)(C)OC(=O)NCCS(=O)(=O)C[C@H](NC(=O)OC(C)(C)C)C(=O)O. The van der Waals surface area contributed by atoms with Crippen LogP contribution < -0.4 is 10.6 Å². The van der Waals surface area contributed by atoms with E-state index in [0.29, 0.717) is 0 Å². The maximum absolute atomic E-state index is 12.0. The first-order valence-corrected chi connectivity index (χ1v) is 9.72. The van der Waals surface area contributed by atoms with E-state index >= 15 is 0 Å². The number of carbonyl (C=O) groups is 3. The molecule has 0 aromatic heterocycles. The lowest BCUT2D eigenvalue weighted by atomic mass is 10.2. The van der Waals surface area contributed by atoms with Gasteiger partial charge in [0.1, 0.15) is 17.2 Å². The van der Waals surface area contributed by atoms with Crippen LogP contribution in [-0.4, -0.2) is 67.0 Å². The molecule has 0 fully saturated rings. The van der Waals surface area contributed by atoms with Gasteiger partial charge >= 0.3 is 18.2 Å². The van der Waals surface area contributed by atoms with Crippen molar-refractivity contribution in [1.29, 1.82) is 0 Å². The van der Waals surface area contributed by atoms with Gasteiger partial charge in [0.15, 0.2) is 9.84 Å². The number of aliphatic carboxylic acids is 1. The molecule has 10 nitrogen and oxygen atoms in total. The summed E-state index contributed by atoms with van der Waals surface area (Å²) >= 11 is 0. The van der Waals surface area contributed by atoms with Crippen LogP contribution in [0.5, 0.6) is 0 Å². The van der Waals surface area contributed by atoms with Crippen molar-refractivity contribution in [3.8, 4) is 0 Å². The molecule has 0 aromatic carbocycles. The lowest BCUT2D eigenvalue weighted by molar-refractivity contribution is -0.138. The van der Waals surface area contributed by atoms with E-state index in [4.69, 9.17) is 14.6 Å². The fraction of sp³-hybridized carbons (Fsp3) is 0.800. The number of ether oxygens (including phenoxy) is 2. The molecule has 0 saturated heterocycles. The van der Waals surface area contributed by atoms with Crippen LogP contribution in [0.2, 0.25) is 0 Å². The lowest BCUT2D eigenvalue weighted by Gasteiger charge is -2.22. The molecule has 0 aliphatic rings. The highest BCUT2D eigenvalue weighted by Gasteiger charge is 2.29. The van der Waals surface area contributed by atoms with Crippen molar-refractivity contribution in [3.05, 3.63) is 0 Å². The zero-order valence-corrected chi connectivity index (χ0v) is 16.7. The van der Waals surface area contributed by atoms with Crippen molar-refractivity contribution in [2.45, 2.75) is 58.8 Å². The standard InChI is InChI=1S/C15H28N2O8S/c1-14(2,3)24-12(20)16-7-8-26(22,23)9-10(11(18)19)17-13(21)25-15(4,5)6/h10H,7-9H2,1-6H3,(H,16,20)(H,17,21)(H,18,19)/t10-/m0/s1. The molecule has 11 heteroatoms. The Morgan fingerprint density at radius 2 is 1.42 bits per heavy atom. The Hall–Kier alpha value is -2.04. The average Bonchev–Trinajstić information content (AvgIpc) is 2.32. The van der Waals surface area contributed by atoms with Crippen LogP contribution in [0.15, 0.2) is 0 Å². The third-order valence-corrected chi connectivity index (χ3v) is 4.16. The van der Waals surface area contributed by atoms with Gasteiger partial charge in [0.05, 0.1) is 11.5 Å². The number of hydrogen-bond acceptors (Lipinski definition) is 7. The number of hydrogen-bond donors (Lipinski definition) is 3. The first kappa shape index (κ1) is 24.0. The topological polar surface area (TPSA) is 148 Å². The van der Waals surface area contributed by atoms with Crippen LogP contribution >= 0.6 is 0 Å². The molecule has 0 bridgehead atoms. The molecule has 3 N–H and O–H groups in total. The Morgan fingerprint density at radius 3 is 1.85 bits per heavy atom. The van der Waals surface area contributed by atoms with E-state index in [1.54, 1.807) is 41.5 Å². The Labute approximate surface area is 153 Å². The Balaban J connectivity index is 4.64. The molecule has 0 heterocycles. The zero-order chi connectivity index (χ0) is 20.8. The second-order valence-corrected chi connectivity index (χ2v) is 9.81. The van der Waals surface area contributed by atoms with Crippen molar-refractivity contribution >= 4 is 28.0 Å². The fourth-order valence-corrected chi connectivity index (χ4v) is 2.90. The molecule has 152 valence electrons. The van der Waals surface area contributed by atoms with E-state index in [9.17, 15) is 22.8 Å². The van der Waals surface area contributed by atoms with Gasteiger partial charge in [-0.05, 0) is 41.5 Å². The normalized spacial score (nSPS) is 13.5. The smallest absolute Gasteiger partial charge is 0.408 e. The minimum absolute atomic E-state index is 0.254. The van der Waals surface area contributed by atoms with Crippen molar-refractivity contribution < 1.29 is 37.4 Å². The van der Waals surface area contributed by atoms with Crippen molar-refractivity contribution in [3.63, 3.8) is 0 Å². The molecule has 0 aliphatic carbocycles. The van der Waals surface area contributed by atoms with E-state index in [0.717, 1.165) is 0 Å². The summed E-state index contributed by atoms with van der Waals surface area (Å²) in [5, 5.41) is 13.4. The molecular formula is C15H28N2O8S. The molecular weight excluding hydrogens is 368 g/mol. The summed E-state index contributed by atoms with van der Waals surface area (Å²) in [5.74, 6) is -2.86. The van der Waals surface area contributed by atoms with Gasteiger partial charge in [-0.25, -0.2) is 22.8 Å². The summed E-state index contributed by atoms with van der Waals surface area (Å²) in [6.45, 7) is 9.47. The molecule has 26 heavy (non-hydrogen) atoms. The van der Waals surface area contributed by atoms with Crippen LogP contribution in [0.4, 0.5) is 9.59 Å². The van der Waals surface area contributed by atoms with Crippen LogP contribution in [0.3, 0.4) is 0 Å². The number of rotatable bonds is 7. The van der Waals surface area contributed by atoms with Gasteiger partial charge in [-0.1, -0.05) is 0 Å². The van der Waals surface area contributed by atoms with E-state index in [1.165, 1.54) is 0 Å². The van der Waals surface area contributed by atoms with Crippen LogP contribution in [0.25, 0.3) is 0 Å². The number of carboxylic acid groups (broad SMARTS) is 1. The van der Waals surface area contributed by atoms with E-state index < -0.39 is 56.7 Å². The maximum Gasteiger partial charge on any atom is 0.408 e. The van der Waals surface area contributed by atoms with Crippen LogP contribution in [-0.2, 0) is 24.1 Å². The van der Waals surface area contributed by atoms with Crippen LogP contribution in [0.1, 0.15) is 41.5 Å². The molecule has 0 aliphatic heterocycles. The van der Waals surface area contributed by atoms with Gasteiger partial charge in [-0.3, -0.25) is 0 Å². The minimum Gasteiger partial charge on any atom is -0.480 e. The van der Waals surface area contributed by atoms with Gasteiger partial charge in [0, 0.05) is 6.54 Å². The monoisotopic (exact) mass is 396 g/mol. The zero-order valence-electron chi connectivity index (χ0n) is 15.9. The van der Waals surface area contributed by atoms with Gasteiger partial charge in [-0.15, -0.1) is 0 Å². The predicted molar refractivity (Wildman–Crippen MR) is 93.7 cm³/mol. The molecule has 0 spiro atoms. The third kappa shape index (κ3) is 12.3. The molecule has 1 atom stereocenters. The summed E-state index contributed by atoms with van der Waals surface area (Å²) < 4.78 is 33.9. The minimum atomic E-state index is -3.88. The number of carbonyl (C=O) groups excluding carboxylic acids is 2. The molecule has 0 radical (unpaired) electrons. The van der Waals surface area contributed by atoms with Crippen molar-refractivity contribution in [2.75, 3.05) is 18.1 Å². The van der Waals surface area contributed by atoms with Gasteiger partial charge in [-0.2, -0.15) is 0 Å². The summed E-state index contributed by atoms with van der Waals surface area (Å²) in [6, 6.07) is -1.67. The number of alkyl carbamates (subject to hydrolysis) is 2. The van der Waals surface area contributed by atoms with Crippen molar-refractivity contribution in [1.82, 2.24) is 10.6 Å². The number of nitrogens with one attached hydrogen (secondary N) is 2. The number of carboxylic acids is 1. The molecule has 0 rings (SSSR count).